The van der Waals surface area contributed by atoms with Gasteiger partial charge < -0.3 is 19.5 Å². The fourth-order valence-corrected chi connectivity index (χ4v) is 2.98. The van der Waals surface area contributed by atoms with Crippen LogP contribution in [0.1, 0.15) is 33.6 Å². The van der Waals surface area contributed by atoms with Crippen LogP contribution in [0.5, 0.6) is 5.75 Å². The van der Waals surface area contributed by atoms with Gasteiger partial charge in [0.25, 0.3) is 5.91 Å². The van der Waals surface area contributed by atoms with Crippen LogP contribution in [0.25, 0.3) is 0 Å². The molecule has 2 rings (SSSR count). The number of amides is 2. The van der Waals surface area contributed by atoms with Gasteiger partial charge in [-0.15, -0.1) is 0 Å². The lowest BCUT2D eigenvalue weighted by Gasteiger charge is -2.27. The molecule has 8 nitrogen and oxygen atoms in total. The molecule has 0 unspecified atom stereocenters. The Morgan fingerprint density at radius 3 is 2.61 bits per heavy atom. The first-order valence-electron chi connectivity index (χ1n) is 8.90. The molecular formula is C19H25ClN2O6. The molecule has 1 atom stereocenters. The summed E-state index contributed by atoms with van der Waals surface area (Å²) in [7, 11) is 1.49. The number of esters is 1. The first-order chi connectivity index (χ1) is 13.1. The van der Waals surface area contributed by atoms with Crippen LogP contribution in [0.2, 0.25) is 5.02 Å². The van der Waals surface area contributed by atoms with Gasteiger partial charge in [0.05, 0.1) is 12.1 Å². The molecule has 0 radical (unpaired) electrons. The summed E-state index contributed by atoms with van der Waals surface area (Å²) in [5.41, 5.74) is -0.212. The molecule has 0 saturated carbocycles. The Morgan fingerprint density at radius 1 is 1.29 bits per heavy atom. The lowest BCUT2D eigenvalue weighted by Crippen LogP contribution is -2.44. The summed E-state index contributed by atoms with van der Waals surface area (Å²) in [6.45, 7) is 5.20. The predicted molar refractivity (Wildman–Crippen MR) is 104 cm³/mol. The second-order valence-corrected chi connectivity index (χ2v) is 7.74. The molecule has 2 amide bonds. The number of benzene rings is 1. The fourth-order valence-electron chi connectivity index (χ4n) is 2.72. The maximum Gasteiger partial charge on any atom is 0.411 e. The first-order valence-corrected chi connectivity index (χ1v) is 9.28. The molecule has 0 aliphatic carbocycles. The van der Waals surface area contributed by atoms with Crippen molar-refractivity contribution in [2.24, 2.45) is 0 Å². The van der Waals surface area contributed by atoms with Crippen molar-refractivity contribution in [1.82, 2.24) is 4.90 Å². The molecule has 1 aliphatic rings. The van der Waals surface area contributed by atoms with Gasteiger partial charge >= 0.3 is 12.1 Å². The van der Waals surface area contributed by atoms with E-state index >= 15 is 0 Å². The van der Waals surface area contributed by atoms with Crippen molar-refractivity contribution >= 4 is 35.3 Å². The van der Waals surface area contributed by atoms with E-state index in [0.717, 1.165) is 0 Å². The molecular weight excluding hydrogens is 388 g/mol. The highest BCUT2D eigenvalue weighted by molar-refractivity contribution is 6.32. The lowest BCUT2D eigenvalue weighted by atomic mass is 10.2. The van der Waals surface area contributed by atoms with Gasteiger partial charge in [0.15, 0.2) is 6.61 Å². The molecule has 9 heteroatoms. The number of nitrogens with zero attached hydrogens (tertiary/aromatic N) is 1. The third-order valence-corrected chi connectivity index (χ3v) is 4.23. The quantitative estimate of drug-likeness (QED) is 0.746. The van der Waals surface area contributed by atoms with Gasteiger partial charge in [-0.1, -0.05) is 11.6 Å². The number of nitrogens with one attached hydrogen (secondary N) is 1. The van der Waals surface area contributed by atoms with Gasteiger partial charge in [0.2, 0.25) is 0 Å². The molecule has 1 saturated heterocycles. The van der Waals surface area contributed by atoms with E-state index in [0.29, 0.717) is 35.8 Å². The minimum absolute atomic E-state index is 0.344. The van der Waals surface area contributed by atoms with Crippen molar-refractivity contribution in [1.29, 1.82) is 0 Å². The van der Waals surface area contributed by atoms with Crippen LogP contribution in [0.4, 0.5) is 10.5 Å². The van der Waals surface area contributed by atoms with Crippen LogP contribution in [-0.4, -0.2) is 54.8 Å². The standard InChI is InChI=1S/C19H25ClN2O6/c1-19(2,3)28-18(25)22-9-5-6-14(22)17(24)27-11-16(23)21-12-7-8-15(26-4)13(20)10-12/h7-8,10,14H,5-6,9,11H2,1-4H3,(H,21,23)/t14-/m0/s1. The first kappa shape index (κ1) is 21.8. The van der Waals surface area contributed by atoms with E-state index in [1.807, 2.05) is 0 Å². The van der Waals surface area contributed by atoms with E-state index in [1.54, 1.807) is 32.9 Å². The summed E-state index contributed by atoms with van der Waals surface area (Å²) in [6.07, 6.45) is 0.563. The maximum atomic E-state index is 12.3. The van der Waals surface area contributed by atoms with Crippen LogP contribution in [0.3, 0.4) is 0 Å². The molecule has 1 aromatic rings. The number of rotatable bonds is 5. The third kappa shape index (κ3) is 6.02. The smallest absolute Gasteiger partial charge is 0.411 e. The maximum absolute atomic E-state index is 12.3. The largest absolute Gasteiger partial charge is 0.495 e. The number of anilines is 1. The minimum Gasteiger partial charge on any atom is -0.495 e. The summed E-state index contributed by atoms with van der Waals surface area (Å²) in [4.78, 5) is 37.9. The van der Waals surface area contributed by atoms with Gasteiger partial charge in [-0.25, -0.2) is 9.59 Å². The Bertz CT molecular complexity index is 746. The number of halogens is 1. The van der Waals surface area contributed by atoms with Crippen LogP contribution >= 0.6 is 11.6 Å². The predicted octanol–water partition coefficient (Wildman–Crippen LogP) is 3.23. The van der Waals surface area contributed by atoms with Crippen LogP contribution in [-0.2, 0) is 19.1 Å². The highest BCUT2D eigenvalue weighted by Crippen LogP contribution is 2.27. The summed E-state index contributed by atoms with van der Waals surface area (Å²) in [5, 5.41) is 2.93. The number of hydrogen-bond acceptors (Lipinski definition) is 6. The molecule has 28 heavy (non-hydrogen) atoms. The number of carbonyl (C=O) groups excluding carboxylic acids is 3. The van der Waals surface area contributed by atoms with E-state index in [9.17, 15) is 14.4 Å². The zero-order valence-electron chi connectivity index (χ0n) is 16.4. The molecule has 0 spiro atoms. The molecule has 1 fully saturated rings. The number of hydrogen-bond donors (Lipinski definition) is 1. The average molecular weight is 413 g/mol. The van der Waals surface area contributed by atoms with E-state index < -0.39 is 36.2 Å². The zero-order valence-corrected chi connectivity index (χ0v) is 17.2. The van der Waals surface area contributed by atoms with E-state index in [4.69, 9.17) is 25.8 Å². The molecule has 1 N–H and O–H groups in total. The fraction of sp³-hybridized carbons (Fsp3) is 0.526. The molecule has 1 aliphatic heterocycles. The highest BCUT2D eigenvalue weighted by Gasteiger charge is 2.37. The van der Waals surface area contributed by atoms with E-state index in [-0.39, 0.29) is 0 Å². The third-order valence-electron chi connectivity index (χ3n) is 3.93. The Balaban J connectivity index is 1.87. The van der Waals surface area contributed by atoms with Gasteiger partial charge in [-0.2, -0.15) is 0 Å². The van der Waals surface area contributed by atoms with Crippen LogP contribution < -0.4 is 10.1 Å². The number of ether oxygens (including phenoxy) is 3. The molecule has 1 heterocycles. The normalized spacial score (nSPS) is 16.5. The van der Waals surface area contributed by atoms with Crippen molar-refractivity contribution in [3.8, 4) is 5.75 Å². The Morgan fingerprint density at radius 2 is 2.00 bits per heavy atom. The number of likely N-dealkylation sites (tertiary alicyclic amines) is 1. The monoisotopic (exact) mass is 412 g/mol. The highest BCUT2D eigenvalue weighted by atomic mass is 35.5. The van der Waals surface area contributed by atoms with Gasteiger partial charge in [0, 0.05) is 12.2 Å². The second kappa shape index (κ2) is 9.14. The Labute approximate surface area is 169 Å². The van der Waals surface area contributed by atoms with Gasteiger partial charge in [-0.05, 0) is 51.8 Å². The summed E-state index contributed by atoms with van der Waals surface area (Å²) < 4.78 is 15.4. The molecule has 0 aromatic heterocycles. The number of carbonyl (C=O) groups is 3. The van der Waals surface area contributed by atoms with Crippen molar-refractivity contribution < 1.29 is 28.6 Å². The lowest BCUT2D eigenvalue weighted by molar-refractivity contribution is -0.151. The van der Waals surface area contributed by atoms with Gasteiger partial charge in [0.1, 0.15) is 17.4 Å². The second-order valence-electron chi connectivity index (χ2n) is 7.34. The topological polar surface area (TPSA) is 94.2 Å². The Hall–Kier alpha value is -2.48. The average Bonchev–Trinajstić information content (AvgIpc) is 3.08. The van der Waals surface area contributed by atoms with E-state index in [2.05, 4.69) is 5.32 Å². The summed E-state index contributed by atoms with van der Waals surface area (Å²) in [5.74, 6) is -0.669. The minimum atomic E-state index is -0.752. The van der Waals surface area contributed by atoms with Gasteiger partial charge in [-0.3, -0.25) is 9.69 Å². The molecule has 1 aromatic carbocycles. The van der Waals surface area contributed by atoms with Crippen molar-refractivity contribution in [3.63, 3.8) is 0 Å². The van der Waals surface area contributed by atoms with Crippen molar-refractivity contribution in [3.05, 3.63) is 23.2 Å². The molecule has 154 valence electrons. The van der Waals surface area contributed by atoms with Crippen molar-refractivity contribution in [2.45, 2.75) is 45.3 Å². The Kier molecular flexibility index (Phi) is 7.12. The summed E-state index contributed by atoms with van der Waals surface area (Å²) in [6, 6.07) is 4.01. The number of methoxy groups -OCH3 is 1. The zero-order chi connectivity index (χ0) is 20.9. The van der Waals surface area contributed by atoms with Crippen LogP contribution in [0.15, 0.2) is 18.2 Å². The van der Waals surface area contributed by atoms with Crippen LogP contribution in [0, 0.1) is 0 Å². The van der Waals surface area contributed by atoms with E-state index in [1.165, 1.54) is 18.1 Å². The SMILES string of the molecule is COc1ccc(NC(=O)COC(=O)[C@@H]2CCCN2C(=O)OC(C)(C)C)cc1Cl. The summed E-state index contributed by atoms with van der Waals surface area (Å²) >= 11 is 6.01. The molecule has 0 bridgehead atoms. The van der Waals surface area contributed by atoms with Crippen molar-refractivity contribution in [2.75, 3.05) is 25.6 Å².